The summed E-state index contributed by atoms with van der Waals surface area (Å²) in [5, 5.41) is 10.4. The van der Waals surface area contributed by atoms with Gasteiger partial charge >= 0.3 is 0 Å². The second-order valence-corrected chi connectivity index (χ2v) is 5.84. The maximum Gasteiger partial charge on any atom is 0.0917 e. The van der Waals surface area contributed by atoms with Crippen LogP contribution >= 0.6 is 0 Å². The highest BCUT2D eigenvalue weighted by Crippen LogP contribution is 2.16. The van der Waals surface area contributed by atoms with Crippen molar-refractivity contribution in [3.63, 3.8) is 0 Å². The van der Waals surface area contributed by atoms with Gasteiger partial charge in [-0.15, -0.1) is 0 Å². The van der Waals surface area contributed by atoms with E-state index in [4.69, 9.17) is 0 Å². The van der Waals surface area contributed by atoms with Crippen molar-refractivity contribution >= 4 is 0 Å². The Labute approximate surface area is 127 Å². The van der Waals surface area contributed by atoms with Crippen LogP contribution in [-0.2, 0) is 6.54 Å². The second-order valence-electron chi connectivity index (χ2n) is 5.84. The summed E-state index contributed by atoms with van der Waals surface area (Å²) >= 11 is 0. The molecule has 1 heterocycles. The fourth-order valence-electron chi connectivity index (χ4n) is 2.47. The molecule has 0 fully saturated rings. The molecule has 0 spiro atoms. The molecule has 0 aliphatic carbocycles. The van der Waals surface area contributed by atoms with Gasteiger partial charge in [-0.05, 0) is 23.6 Å². The van der Waals surface area contributed by atoms with Crippen LogP contribution in [0.3, 0.4) is 0 Å². The molecule has 112 valence electrons. The minimum Gasteiger partial charge on any atom is -0.387 e. The molecule has 3 heteroatoms. The van der Waals surface area contributed by atoms with Gasteiger partial charge in [0.05, 0.1) is 11.8 Å². The Morgan fingerprint density at radius 2 is 1.71 bits per heavy atom. The molecule has 0 saturated carbocycles. The second kappa shape index (κ2) is 7.91. The molecule has 0 amide bonds. The molecule has 0 aliphatic rings. The Bertz CT molecular complexity index is 513. The van der Waals surface area contributed by atoms with E-state index in [0.717, 1.165) is 24.3 Å². The first kappa shape index (κ1) is 15.7. The van der Waals surface area contributed by atoms with Gasteiger partial charge in [0.25, 0.3) is 0 Å². The lowest BCUT2D eigenvalue weighted by Crippen LogP contribution is -2.32. The van der Waals surface area contributed by atoms with Crippen LogP contribution in [-0.4, -0.2) is 28.1 Å². The predicted molar refractivity (Wildman–Crippen MR) is 85.8 cm³/mol. The number of hydrogen-bond acceptors (Lipinski definition) is 3. The van der Waals surface area contributed by atoms with Gasteiger partial charge < -0.3 is 5.11 Å². The molecule has 3 nitrogen and oxygen atoms in total. The highest BCUT2D eigenvalue weighted by molar-refractivity contribution is 5.17. The van der Waals surface area contributed by atoms with Crippen LogP contribution < -0.4 is 0 Å². The zero-order chi connectivity index (χ0) is 15.1. The Morgan fingerprint density at radius 1 is 1.00 bits per heavy atom. The van der Waals surface area contributed by atoms with Gasteiger partial charge in [0.15, 0.2) is 0 Å². The first-order valence-corrected chi connectivity index (χ1v) is 7.50. The molecule has 1 aromatic carbocycles. The lowest BCUT2D eigenvalue weighted by molar-refractivity contribution is 0.101. The third kappa shape index (κ3) is 5.29. The van der Waals surface area contributed by atoms with E-state index in [0.29, 0.717) is 12.5 Å². The number of pyridine rings is 1. The van der Waals surface area contributed by atoms with Crippen LogP contribution in [0.2, 0.25) is 0 Å². The Hall–Kier alpha value is -1.71. The average molecular weight is 284 g/mol. The van der Waals surface area contributed by atoms with Gasteiger partial charge in [0.2, 0.25) is 0 Å². The summed E-state index contributed by atoms with van der Waals surface area (Å²) in [5.74, 6) is 0.552. The molecule has 0 aliphatic heterocycles. The molecular weight excluding hydrogens is 260 g/mol. The Morgan fingerprint density at radius 3 is 2.33 bits per heavy atom. The monoisotopic (exact) mass is 284 g/mol. The van der Waals surface area contributed by atoms with Crippen molar-refractivity contribution in [1.29, 1.82) is 0 Å². The highest BCUT2D eigenvalue weighted by Gasteiger charge is 2.15. The Balaban J connectivity index is 2.02. The van der Waals surface area contributed by atoms with Crippen molar-refractivity contribution in [2.45, 2.75) is 26.5 Å². The molecule has 1 aromatic heterocycles. The summed E-state index contributed by atoms with van der Waals surface area (Å²) in [4.78, 5) is 6.65. The van der Waals surface area contributed by atoms with Gasteiger partial charge in [0, 0.05) is 25.8 Å². The first-order chi connectivity index (χ1) is 10.1. The molecule has 2 rings (SSSR count). The van der Waals surface area contributed by atoms with Crippen LogP contribution in [0.5, 0.6) is 0 Å². The minimum atomic E-state index is -0.464. The van der Waals surface area contributed by atoms with Crippen molar-refractivity contribution in [2.75, 3.05) is 13.1 Å². The molecule has 0 bridgehead atoms. The molecule has 0 saturated heterocycles. The minimum absolute atomic E-state index is 0.464. The topological polar surface area (TPSA) is 36.4 Å². The molecule has 0 radical (unpaired) electrons. The quantitative estimate of drug-likeness (QED) is 0.847. The predicted octanol–water partition coefficient (Wildman–Crippen LogP) is 3.27. The van der Waals surface area contributed by atoms with Gasteiger partial charge in [-0.3, -0.25) is 9.88 Å². The van der Waals surface area contributed by atoms with Crippen LogP contribution in [0.25, 0.3) is 0 Å². The summed E-state index contributed by atoms with van der Waals surface area (Å²) in [6.07, 6.45) is 1.35. The summed E-state index contributed by atoms with van der Waals surface area (Å²) < 4.78 is 0. The number of aliphatic hydroxyl groups excluding tert-OH is 1. The molecule has 21 heavy (non-hydrogen) atoms. The maximum absolute atomic E-state index is 10.4. The largest absolute Gasteiger partial charge is 0.387 e. The average Bonchev–Trinajstić information content (AvgIpc) is 2.48. The lowest BCUT2D eigenvalue weighted by Gasteiger charge is -2.26. The third-order valence-electron chi connectivity index (χ3n) is 3.35. The van der Waals surface area contributed by atoms with E-state index in [1.54, 1.807) is 0 Å². The van der Waals surface area contributed by atoms with Crippen molar-refractivity contribution in [1.82, 2.24) is 9.88 Å². The zero-order valence-electron chi connectivity index (χ0n) is 12.8. The summed E-state index contributed by atoms with van der Waals surface area (Å²) in [6.45, 7) is 6.72. The molecule has 0 unspecified atom stereocenters. The first-order valence-electron chi connectivity index (χ1n) is 7.50. The van der Waals surface area contributed by atoms with E-state index >= 15 is 0 Å². The van der Waals surface area contributed by atoms with Gasteiger partial charge in [-0.25, -0.2) is 0 Å². The van der Waals surface area contributed by atoms with Gasteiger partial charge in [-0.1, -0.05) is 50.2 Å². The standard InChI is InChI=1S/C18H24N2O/c1-15(2)12-20(13-17-10-6-7-11-19-17)14-18(21)16-8-4-3-5-9-16/h3-11,15,18,21H,12-14H2,1-2H3/t18-/m0/s1. The van der Waals surface area contributed by atoms with Crippen molar-refractivity contribution < 1.29 is 5.11 Å². The molecule has 1 N–H and O–H groups in total. The normalized spacial score (nSPS) is 12.8. The van der Waals surface area contributed by atoms with Crippen molar-refractivity contribution in [3.8, 4) is 0 Å². The smallest absolute Gasteiger partial charge is 0.0917 e. The van der Waals surface area contributed by atoms with Crippen molar-refractivity contribution in [3.05, 3.63) is 66.0 Å². The Kier molecular flexibility index (Phi) is 5.90. The van der Waals surface area contributed by atoms with Gasteiger partial charge in [0.1, 0.15) is 0 Å². The van der Waals surface area contributed by atoms with E-state index in [9.17, 15) is 5.11 Å². The fraction of sp³-hybridized carbons (Fsp3) is 0.389. The number of rotatable bonds is 7. The van der Waals surface area contributed by atoms with Crippen LogP contribution in [0.15, 0.2) is 54.7 Å². The number of aromatic nitrogens is 1. The van der Waals surface area contributed by atoms with Crippen LogP contribution in [0.1, 0.15) is 31.2 Å². The van der Waals surface area contributed by atoms with E-state index in [2.05, 4.69) is 23.7 Å². The molecule has 1 atom stereocenters. The highest BCUT2D eigenvalue weighted by atomic mass is 16.3. The fourth-order valence-corrected chi connectivity index (χ4v) is 2.47. The summed E-state index contributed by atoms with van der Waals surface area (Å²) in [5.41, 5.74) is 2.01. The third-order valence-corrected chi connectivity index (χ3v) is 3.35. The maximum atomic E-state index is 10.4. The number of aliphatic hydroxyl groups is 1. The number of hydrogen-bond donors (Lipinski definition) is 1. The van der Waals surface area contributed by atoms with Crippen molar-refractivity contribution in [2.24, 2.45) is 5.92 Å². The zero-order valence-corrected chi connectivity index (χ0v) is 12.8. The van der Waals surface area contributed by atoms with E-state index in [1.807, 2.05) is 54.7 Å². The van der Waals surface area contributed by atoms with Crippen LogP contribution in [0.4, 0.5) is 0 Å². The lowest BCUT2D eigenvalue weighted by atomic mass is 10.1. The summed E-state index contributed by atoms with van der Waals surface area (Å²) in [6, 6.07) is 15.8. The van der Waals surface area contributed by atoms with Gasteiger partial charge in [-0.2, -0.15) is 0 Å². The van der Waals surface area contributed by atoms with E-state index < -0.39 is 6.10 Å². The molecule has 2 aromatic rings. The number of benzene rings is 1. The molecular formula is C18H24N2O. The summed E-state index contributed by atoms with van der Waals surface area (Å²) in [7, 11) is 0. The van der Waals surface area contributed by atoms with E-state index in [1.165, 1.54) is 0 Å². The number of nitrogens with zero attached hydrogens (tertiary/aromatic N) is 2. The SMILES string of the molecule is CC(C)CN(Cc1ccccn1)C[C@H](O)c1ccccc1. The van der Waals surface area contributed by atoms with Crippen LogP contribution in [0, 0.1) is 5.92 Å². The van der Waals surface area contributed by atoms with E-state index in [-0.39, 0.29) is 0 Å².